The quantitative estimate of drug-likeness (QED) is 0.757. The smallest absolute Gasteiger partial charge is 0.395 e. The zero-order chi connectivity index (χ0) is 13.0. The molecule has 0 N–H and O–H groups in total. The zero-order valence-electron chi connectivity index (χ0n) is 9.07. The predicted octanol–water partition coefficient (Wildman–Crippen LogP) is 2.49. The summed E-state index contributed by atoms with van der Waals surface area (Å²) in [6.45, 7) is 0. The Bertz CT molecular complexity index is 587. The molecule has 1 heterocycles. The van der Waals surface area contributed by atoms with Crippen LogP contribution in [0.3, 0.4) is 0 Å². The molecule has 0 amide bonds. The number of halogens is 2. The summed E-state index contributed by atoms with van der Waals surface area (Å²) in [5, 5.41) is 8.92. The summed E-state index contributed by atoms with van der Waals surface area (Å²) in [6, 6.07) is 5.77. The van der Waals surface area contributed by atoms with Crippen LogP contribution in [0.5, 0.6) is 11.5 Å². The summed E-state index contributed by atoms with van der Waals surface area (Å²) >= 11 is 0. The Hall–Kier alpha value is -2.16. The highest BCUT2D eigenvalue weighted by atomic mass is 19.3. The average molecular weight is 251 g/mol. The molecule has 1 fully saturated rings. The van der Waals surface area contributed by atoms with Crippen LogP contribution in [0.1, 0.15) is 23.2 Å². The number of rotatable bonds is 2. The third-order valence-electron chi connectivity index (χ3n) is 3.06. The first-order valence-corrected chi connectivity index (χ1v) is 5.32. The Kier molecular flexibility index (Phi) is 1.94. The number of nitriles is 1. The van der Waals surface area contributed by atoms with Gasteiger partial charge in [-0.1, -0.05) is 0 Å². The van der Waals surface area contributed by atoms with Crippen molar-refractivity contribution in [1.82, 2.24) is 0 Å². The first kappa shape index (κ1) is 11.0. The molecule has 6 heteroatoms. The van der Waals surface area contributed by atoms with Gasteiger partial charge in [0.2, 0.25) is 0 Å². The summed E-state index contributed by atoms with van der Waals surface area (Å²) in [5.74, 6) is -0.649. The van der Waals surface area contributed by atoms with Crippen LogP contribution in [0.25, 0.3) is 0 Å². The van der Waals surface area contributed by atoms with Gasteiger partial charge in [0.1, 0.15) is 5.41 Å². The number of alkyl halides is 2. The van der Waals surface area contributed by atoms with Crippen LogP contribution in [0.2, 0.25) is 0 Å². The number of carbonyl (C=O) groups excluding carboxylic acids is 1. The van der Waals surface area contributed by atoms with Gasteiger partial charge in [-0.15, -0.1) is 8.78 Å². The van der Waals surface area contributed by atoms with Crippen LogP contribution in [0, 0.1) is 16.7 Å². The highest BCUT2D eigenvalue weighted by molar-refractivity contribution is 6.04. The lowest BCUT2D eigenvalue weighted by atomic mass is 9.96. The first-order valence-electron chi connectivity index (χ1n) is 5.32. The second kappa shape index (κ2) is 3.19. The molecular formula is C12H7F2NO3. The Morgan fingerprint density at radius 3 is 2.56 bits per heavy atom. The summed E-state index contributed by atoms with van der Waals surface area (Å²) in [7, 11) is 0. The van der Waals surface area contributed by atoms with Gasteiger partial charge < -0.3 is 9.47 Å². The molecule has 18 heavy (non-hydrogen) atoms. The van der Waals surface area contributed by atoms with E-state index in [2.05, 4.69) is 9.47 Å². The molecule has 3 rings (SSSR count). The zero-order valence-corrected chi connectivity index (χ0v) is 9.07. The van der Waals surface area contributed by atoms with Crippen molar-refractivity contribution in [2.45, 2.75) is 19.1 Å². The molecular weight excluding hydrogens is 244 g/mol. The number of ether oxygens (including phenoxy) is 2. The number of benzene rings is 1. The van der Waals surface area contributed by atoms with Gasteiger partial charge in [-0.05, 0) is 31.0 Å². The molecule has 0 saturated heterocycles. The largest absolute Gasteiger partial charge is 0.586 e. The van der Waals surface area contributed by atoms with Gasteiger partial charge in [0.15, 0.2) is 17.3 Å². The number of fused-ring (bicyclic) bond motifs is 1. The van der Waals surface area contributed by atoms with Gasteiger partial charge in [-0.3, -0.25) is 4.79 Å². The fourth-order valence-corrected chi connectivity index (χ4v) is 1.88. The van der Waals surface area contributed by atoms with E-state index in [9.17, 15) is 13.6 Å². The van der Waals surface area contributed by atoms with E-state index in [1.807, 2.05) is 6.07 Å². The van der Waals surface area contributed by atoms with Gasteiger partial charge in [-0.2, -0.15) is 5.26 Å². The summed E-state index contributed by atoms with van der Waals surface area (Å²) in [5.41, 5.74) is -0.787. The van der Waals surface area contributed by atoms with E-state index in [0.29, 0.717) is 12.8 Å². The SMILES string of the molecule is N#CC1(C(=O)c2ccc3c(c2)OC(F)(F)O3)CC1. The molecule has 1 saturated carbocycles. The number of hydrogen-bond donors (Lipinski definition) is 0. The van der Waals surface area contributed by atoms with E-state index in [0.717, 1.165) is 0 Å². The van der Waals surface area contributed by atoms with Crippen LogP contribution in [0.4, 0.5) is 8.78 Å². The molecule has 0 aromatic heterocycles. The van der Waals surface area contributed by atoms with E-state index in [1.54, 1.807) is 0 Å². The van der Waals surface area contributed by atoms with Crippen LogP contribution < -0.4 is 9.47 Å². The fraction of sp³-hybridized carbons (Fsp3) is 0.333. The van der Waals surface area contributed by atoms with E-state index in [1.165, 1.54) is 18.2 Å². The lowest BCUT2D eigenvalue weighted by Crippen LogP contribution is -2.25. The van der Waals surface area contributed by atoms with Crippen molar-refractivity contribution in [3.8, 4) is 17.6 Å². The third kappa shape index (κ3) is 1.51. The fourth-order valence-electron chi connectivity index (χ4n) is 1.88. The molecule has 0 radical (unpaired) electrons. The highest BCUT2D eigenvalue weighted by Gasteiger charge is 2.51. The number of hydrogen-bond acceptors (Lipinski definition) is 4. The topological polar surface area (TPSA) is 59.3 Å². The molecule has 0 atom stereocenters. The summed E-state index contributed by atoms with van der Waals surface area (Å²) < 4.78 is 34.1. The minimum Gasteiger partial charge on any atom is -0.395 e. The molecule has 0 unspecified atom stereocenters. The maximum atomic E-state index is 12.8. The summed E-state index contributed by atoms with van der Waals surface area (Å²) in [4.78, 5) is 12.0. The summed E-state index contributed by atoms with van der Waals surface area (Å²) in [6.07, 6.45) is -2.68. The minimum atomic E-state index is -3.70. The normalized spacial score (nSPS) is 21.2. The maximum Gasteiger partial charge on any atom is 0.586 e. The van der Waals surface area contributed by atoms with E-state index < -0.39 is 11.7 Å². The molecule has 4 nitrogen and oxygen atoms in total. The number of nitrogens with zero attached hydrogens (tertiary/aromatic N) is 1. The molecule has 1 aromatic carbocycles. The van der Waals surface area contributed by atoms with Gasteiger partial charge in [-0.25, -0.2) is 0 Å². The molecule has 1 aromatic rings. The molecule has 1 aliphatic heterocycles. The van der Waals surface area contributed by atoms with Crippen LogP contribution >= 0.6 is 0 Å². The van der Waals surface area contributed by atoms with Gasteiger partial charge in [0, 0.05) is 5.56 Å². The van der Waals surface area contributed by atoms with Crippen molar-refractivity contribution in [2.24, 2.45) is 5.41 Å². The van der Waals surface area contributed by atoms with E-state index in [4.69, 9.17) is 5.26 Å². The van der Waals surface area contributed by atoms with Crippen molar-refractivity contribution in [1.29, 1.82) is 5.26 Å². The maximum absolute atomic E-state index is 12.8. The monoisotopic (exact) mass is 251 g/mol. The Labute approximate surface area is 101 Å². The van der Waals surface area contributed by atoms with Crippen molar-refractivity contribution < 1.29 is 23.0 Å². The van der Waals surface area contributed by atoms with Crippen LogP contribution in [-0.4, -0.2) is 12.1 Å². The number of Topliss-reactive ketones (excluding diaryl/α,β-unsaturated/α-hetero) is 1. The lowest BCUT2D eigenvalue weighted by molar-refractivity contribution is -0.286. The van der Waals surface area contributed by atoms with Crippen molar-refractivity contribution in [2.75, 3.05) is 0 Å². The molecule has 0 bridgehead atoms. The van der Waals surface area contributed by atoms with Crippen LogP contribution in [-0.2, 0) is 0 Å². The van der Waals surface area contributed by atoms with E-state index in [-0.39, 0.29) is 22.8 Å². The molecule has 1 aliphatic carbocycles. The molecule has 0 spiro atoms. The third-order valence-corrected chi connectivity index (χ3v) is 3.06. The Morgan fingerprint density at radius 1 is 1.28 bits per heavy atom. The van der Waals surface area contributed by atoms with Crippen molar-refractivity contribution in [3.05, 3.63) is 23.8 Å². The van der Waals surface area contributed by atoms with Crippen molar-refractivity contribution >= 4 is 5.78 Å². The van der Waals surface area contributed by atoms with E-state index >= 15 is 0 Å². The first-order chi connectivity index (χ1) is 8.46. The van der Waals surface area contributed by atoms with Gasteiger partial charge >= 0.3 is 6.29 Å². The second-order valence-electron chi connectivity index (χ2n) is 4.35. The van der Waals surface area contributed by atoms with Crippen molar-refractivity contribution in [3.63, 3.8) is 0 Å². The highest BCUT2D eigenvalue weighted by Crippen LogP contribution is 2.49. The average Bonchev–Trinajstić information content (AvgIpc) is 3.05. The van der Waals surface area contributed by atoms with Gasteiger partial charge in [0.05, 0.1) is 6.07 Å². The predicted molar refractivity (Wildman–Crippen MR) is 54.3 cm³/mol. The lowest BCUT2D eigenvalue weighted by Gasteiger charge is -2.05. The molecule has 92 valence electrons. The van der Waals surface area contributed by atoms with Crippen LogP contribution in [0.15, 0.2) is 18.2 Å². The molecule has 2 aliphatic rings. The standard InChI is InChI=1S/C12H7F2NO3/c13-12(14)17-8-2-1-7(5-9(8)18-12)10(16)11(6-15)3-4-11/h1-2,5H,3-4H2. The second-order valence-corrected chi connectivity index (χ2v) is 4.35. The minimum absolute atomic E-state index is 0.113. The number of ketones is 1. The Balaban J connectivity index is 1.94. The Morgan fingerprint density at radius 2 is 1.94 bits per heavy atom. The number of carbonyl (C=O) groups is 1. The van der Waals surface area contributed by atoms with Gasteiger partial charge in [0.25, 0.3) is 0 Å².